The van der Waals surface area contributed by atoms with Gasteiger partial charge in [-0.1, -0.05) is 13.3 Å². The van der Waals surface area contributed by atoms with Crippen LogP contribution >= 0.6 is 15.9 Å². The Morgan fingerprint density at radius 3 is 2.86 bits per heavy atom. The maximum absolute atomic E-state index is 12.8. The molecule has 0 aromatic carbocycles. The highest BCUT2D eigenvalue weighted by Crippen LogP contribution is 2.15. The minimum Gasteiger partial charge on any atom is -0.344 e. The van der Waals surface area contributed by atoms with Crippen molar-refractivity contribution in [1.82, 2.24) is 15.3 Å². The number of halogens is 1. The number of nitrogens with zero attached hydrogens (tertiary/aromatic N) is 3. The molecule has 2 aliphatic heterocycles. The van der Waals surface area contributed by atoms with E-state index in [-0.39, 0.29) is 10.5 Å². The molecule has 0 saturated carbocycles. The van der Waals surface area contributed by atoms with Crippen LogP contribution in [0.4, 0.5) is 0 Å². The maximum Gasteiger partial charge on any atom is 0.286 e. The van der Waals surface area contributed by atoms with E-state index >= 15 is 0 Å². The van der Waals surface area contributed by atoms with Crippen molar-refractivity contribution in [3.63, 3.8) is 0 Å². The predicted octanol–water partition coefficient (Wildman–Crippen LogP) is 2.40. The van der Waals surface area contributed by atoms with Crippen molar-refractivity contribution in [1.29, 1.82) is 5.41 Å². The molecule has 1 amide bonds. The molecule has 0 spiro atoms. The average Bonchev–Trinajstić information content (AvgIpc) is 2.70. The summed E-state index contributed by atoms with van der Waals surface area (Å²) < 4.78 is 0.217. The van der Waals surface area contributed by atoms with Crippen LogP contribution in [0, 0.1) is 5.41 Å². The minimum absolute atomic E-state index is 0.0798. The standard InChI is InChI=1S/C15H22BrN5O/c1-3-11-9-12(19-14(18-11)10-13(16)17)15(22)21-8-6-4-5-7-20(21)2/h9-10,17-18H,3-8H2,1-2H3/b14-10+,17-13?. The molecule has 0 radical (unpaired) electrons. The van der Waals surface area contributed by atoms with Gasteiger partial charge in [-0.3, -0.25) is 15.2 Å². The lowest BCUT2D eigenvalue weighted by Crippen LogP contribution is -2.47. The van der Waals surface area contributed by atoms with E-state index in [0.29, 0.717) is 11.5 Å². The second-order valence-electron chi connectivity index (χ2n) is 5.39. The Kier molecular flexibility index (Phi) is 5.90. The summed E-state index contributed by atoms with van der Waals surface area (Å²) in [6, 6.07) is 0. The van der Waals surface area contributed by atoms with Crippen LogP contribution in [0.2, 0.25) is 0 Å². The van der Waals surface area contributed by atoms with Crippen LogP contribution in [-0.2, 0) is 4.79 Å². The molecule has 0 aromatic rings. The summed E-state index contributed by atoms with van der Waals surface area (Å²) >= 11 is 3.08. The Hall–Kier alpha value is -1.47. The van der Waals surface area contributed by atoms with Crippen molar-refractivity contribution in [3.8, 4) is 0 Å². The van der Waals surface area contributed by atoms with E-state index in [1.807, 2.05) is 19.0 Å². The summed E-state index contributed by atoms with van der Waals surface area (Å²) in [6.07, 6.45) is 7.40. The molecule has 0 aromatic heterocycles. The Morgan fingerprint density at radius 2 is 2.18 bits per heavy atom. The summed E-state index contributed by atoms with van der Waals surface area (Å²) in [4.78, 5) is 17.2. The van der Waals surface area contributed by atoms with Gasteiger partial charge in [0.25, 0.3) is 5.91 Å². The first-order valence-electron chi connectivity index (χ1n) is 7.56. The van der Waals surface area contributed by atoms with Crippen molar-refractivity contribution < 1.29 is 4.79 Å². The highest BCUT2D eigenvalue weighted by Gasteiger charge is 2.25. The highest BCUT2D eigenvalue weighted by atomic mass is 79.9. The number of carbonyl (C=O) groups excluding carboxylic acids is 1. The zero-order chi connectivity index (χ0) is 16.1. The van der Waals surface area contributed by atoms with Gasteiger partial charge in [0.1, 0.15) is 16.2 Å². The largest absolute Gasteiger partial charge is 0.344 e. The van der Waals surface area contributed by atoms with E-state index in [9.17, 15) is 4.79 Å². The molecule has 2 rings (SSSR count). The van der Waals surface area contributed by atoms with Gasteiger partial charge in [-0.05, 0) is 41.3 Å². The molecular weight excluding hydrogens is 346 g/mol. The van der Waals surface area contributed by atoms with Gasteiger partial charge in [0.2, 0.25) is 0 Å². The van der Waals surface area contributed by atoms with Gasteiger partial charge in [-0.25, -0.2) is 10.0 Å². The van der Waals surface area contributed by atoms with E-state index in [1.54, 1.807) is 17.2 Å². The third-order valence-corrected chi connectivity index (χ3v) is 3.93. The van der Waals surface area contributed by atoms with Crippen LogP contribution in [0.5, 0.6) is 0 Å². The van der Waals surface area contributed by atoms with Gasteiger partial charge >= 0.3 is 0 Å². The van der Waals surface area contributed by atoms with Gasteiger partial charge in [-0.2, -0.15) is 0 Å². The summed E-state index contributed by atoms with van der Waals surface area (Å²) in [5, 5.41) is 14.4. The maximum atomic E-state index is 12.8. The molecule has 0 atom stereocenters. The number of amides is 1. The normalized spacial score (nSPS) is 21.8. The van der Waals surface area contributed by atoms with Crippen LogP contribution in [0.3, 0.4) is 0 Å². The van der Waals surface area contributed by atoms with Gasteiger partial charge in [0, 0.05) is 31.9 Å². The molecule has 0 bridgehead atoms. The monoisotopic (exact) mass is 367 g/mol. The number of aliphatic imine (C=N–C) groups is 1. The summed E-state index contributed by atoms with van der Waals surface area (Å²) in [5.74, 6) is 0.436. The number of hydrogen-bond acceptors (Lipinski definition) is 5. The van der Waals surface area contributed by atoms with Crippen LogP contribution < -0.4 is 5.32 Å². The number of hydrogen-bond donors (Lipinski definition) is 2. The zero-order valence-electron chi connectivity index (χ0n) is 13.0. The lowest BCUT2D eigenvalue weighted by atomic mass is 10.2. The molecule has 6 nitrogen and oxygen atoms in total. The molecule has 2 N–H and O–H groups in total. The fourth-order valence-electron chi connectivity index (χ4n) is 2.50. The average molecular weight is 368 g/mol. The fraction of sp³-hybridized carbons (Fsp3) is 0.533. The smallest absolute Gasteiger partial charge is 0.286 e. The summed E-state index contributed by atoms with van der Waals surface area (Å²) in [7, 11) is 1.94. The van der Waals surface area contributed by atoms with E-state index < -0.39 is 0 Å². The first-order chi connectivity index (χ1) is 10.5. The molecular formula is C15H22BrN5O. The van der Waals surface area contributed by atoms with Crippen LogP contribution in [0.25, 0.3) is 0 Å². The van der Waals surface area contributed by atoms with Crippen molar-refractivity contribution in [3.05, 3.63) is 23.7 Å². The molecule has 7 heteroatoms. The lowest BCUT2D eigenvalue weighted by Gasteiger charge is -2.30. The van der Waals surface area contributed by atoms with Gasteiger partial charge in [0.15, 0.2) is 0 Å². The molecule has 1 fully saturated rings. The Morgan fingerprint density at radius 1 is 1.45 bits per heavy atom. The van der Waals surface area contributed by atoms with Crippen molar-refractivity contribution in [2.45, 2.75) is 32.6 Å². The quantitative estimate of drug-likeness (QED) is 0.752. The van der Waals surface area contributed by atoms with Crippen LogP contribution in [-0.4, -0.2) is 46.4 Å². The van der Waals surface area contributed by atoms with E-state index in [4.69, 9.17) is 5.41 Å². The number of nitrogens with one attached hydrogen (secondary N) is 2. The van der Waals surface area contributed by atoms with Crippen LogP contribution in [0.15, 0.2) is 28.7 Å². The number of rotatable bonds is 3. The molecule has 22 heavy (non-hydrogen) atoms. The summed E-state index contributed by atoms with van der Waals surface area (Å²) in [6.45, 7) is 3.63. The van der Waals surface area contributed by atoms with Gasteiger partial charge in [-0.15, -0.1) is 0 Å². The predicted molar refractivity (Wildman–Crippen MR) is 91.9 cm³/mol. The third kappa shape index (κ3) is 4.27. The second kappa shape index (κ2) is 7.69. The van der Waals surface area contributed by atoms with E-state index in [1.165, 1.54) is 0 Å². The Labute approximate surface area is 139 Å². The van der Waals surface area contributed by atoms with E-state index in [0.717, 1.165) is 44.5 Å². The molecule has 120 valence electrons. The van der Waals surface area contributed by atoms with E-state index in [2.05, 4.69) is 26.2 Å². The van der Waals surface area contributed by atoms with Crippen LogP contribution in [0.1, 0.15) is 32.6 Å². The molecule has 2 heterocycles. The molecule has 0 aliphatic carbocycles. The number of hydrazine groups is 1. The highest BCUT2D eigenvalue weighted by molar-refractivity contribution is 9.18. The molecule has 0 unspecified atom stereocenters. The second-order valence-corrected chi connectivity index (χ2v) is 6.25. The Bertz CT molecular complexity index is 552. The first kappa shape index (κ1) is 16.9. The van der Waals surface area contributed by atoms with Gasteiger partial charge in [0.05, 0.1) is 0 Å². The third-order valence-electron chi connectivity index (χ3n) is 3.70. The lowest BCUT2D eigenvalue weighted by molar-refractivity contribution is -0.138. The number of allylic oxidation sites excluding steroid dienone is 2. The minimum atomic E-state index is -0.0798. The van der Waals surface area contributed by atoms with Crippen molar-refractivity contribution in [2.75, 3.05) is 20.1 Å². The fourth-order valence-corrected chi connectivity index (χ4v) is 2.72. The first-order valence-corrected chi connectivity index (χ1v) is 8.35. The molecule has 2 aliphatic rings. The molecule has 1 saturated heterocycles. The van der Waals surface area contributed by atoms with Gasteiger partial charge < -0.3 is 5.32 Å². The Balaban J connectivity index is 2.26. The van der Waals surface area contributed by atoms with Crippen molar-refractivity contribution in [2.24, 2.45) is 4.99 Å². The van der Waals surface area contributed by atoms with Crippen molar-refractivity contribution >= 4 is 32.2 Å². The SMILES string of the molecule is CCC1=CC(C(=O)N2CCCCCN2C)=N/C(=C/C(=N)Br)N1. The summed E-state index contributed by atoms with van der Waals surface area (Å²) in [5.41, 5.74) is 1.35. The topological polar surface area (TPSA) is 71.8 Å². The zero-order valence-corrected chi connectivity index (χ0v) is 14.6. The number of carbonyl (C=O) groups is 1.